The first-order valence-corrected chi connectivity index (χ1v) is 8.21. The minimum atomic E-state index is 0.207. The second-order valence-electron chi connectivity index (χ2n) is 6.74. The first kappa shape index (κ1) is 12.9. The van der Waals surface area contributed by atoms with Crippen molar-refractivity contribution in [2.75, 3.05) is 13.2 Å². The first-order chi connectivity index (χ1) is 8.84. The van der Waals surface area contributed by atoms with Crippen LogP contribution in [0.5, 0.6) is 0 Å². The molecule has 3 rings (SSSR count). The molecule has 104 valence electrons. The molecule has 3 aliphatic rings. The molecule has 3 fully saturated rings. The van der Waals surface area contributed by atoms with Crippen LogP contribution in [-0.4, -0.2) is 24.8 Å². The molecule has 18 heavy (non-hydrogen) atoms. The standard InChI is InChI=1S/C16H29NO/c1-2-13-7-9-16(10-8-13)15(17-11-12-18-16)14-5-3-4-6-14/h13-15,17H,2-12H2,1H3. The molecule has 2 nitrogen and oxygen atoms in total. The van der Waals surface area contributed by atoms with Crippen molar-refractivity contribution >= 4 is 0 Å². The lowest BCUT2D eigenvalue weighted by Gasteiger charge is -2.50. The Hall–Kier alpha value is -0.0800. The largest absolute Gasteiger partial charge is 0.372 e. The number of nitrogens with one attached hydrogen (secondary N) is 1. The lowest BCUT2D eigenvalue weighted by molar-refractivity contribution is -0.135. The highest BCUT2D eigenvalue weighted by molar-refractivity contribution is 5.02. The average Bonchev–Trinajstić information content (AvgIpc) is 2.94. The molecule has 2 heteroatoms. The van der Waals surface area contributed by atoms with E-state index in [9.17, 15) is 0 Å². The van der Waals surface area contributed by atoms with Crippen LogP contribution < -0.4 is 5.32 Å². The third-order valence-corrected chi connectivity index (χ3v) is 5.82. The van der Waals surface area contributed by atoms with Crippen molar-refractivity contribution in [3.8, 4) is 0 Å². The van der Waals surface area contributed by atoms with Gasteiger partial charge in [-0.3, -0.25) is 0 Å². The first-order valence-electron chi connectivity index (χ1n) is 8.21. The van der Waals surface area contributed by atoms with Crippen molar-refractivity contribution in [1.82, 2.24) is 5.32 Å². The Balaban J connectivity index is 1.70. The lowest BCUT2D eigenvalue weighted by atomic mass is 9.70. The van der Waals surface area contributed by atoms with Crippen LogP contribution in [0.25, 0.3) is 0 Å². The van der Waals surface area contributed by atoms with E-state index in [-0.39, 0.29) is 5.60 Å². The molecule has 1 spiro atoms. The fourth-order valence-corrected chi connectivity index (χ4v) is 4.66. The third-order valence-electron chi connectivity index (χ3n) is 5.82. The summed E-state index contributed by atoms with van der Waals surface area (Å²) in [5.41, 5.74) is 0.207. The second-order valence-corrected chi connectivity index (χ2v) is 6.74. The zero-order valence-corrected chi connectivity index (χ0v) is 11.9. The van der Waals surface area contributed by atoms with E-state index in [0.29, 0.717) is 6.04 Å². The van der Waals surface area contributed by atoms with Gasteiger partial charge in [0.2, 0.25) is 0 Å². The molecule has 1 aliphatic heterocycles. The summed E-state index contributed by atoms with van der Waals surface area (Å²) in [7, 11) is 0. The fourth-order valence-electron chi connectivity index (χ4n) is 4.66. The smallest absolute Gasteiger partial charge is 0.0838 e. The topological polar surface area (TPSA) is 21.3 Å². The minimum Gasteiger partial charge on any atom is -0.372 e. The molecule has 1 saturated heterocycles. The molecule has 0 radical (unpaired) electrons. The number of ether oxygens (including phenoxy) is 1. The molecule has 2 saturated carbocycles. The highest BCUT2D eigenvalue weighted by atomic mass is 16.5. The summed E-state index contributed by atoms with van der Waals surface area (Å²) in [6, 6.07) is 0.659. The van der Waals surface area contributed by atoms with Gasteiger partial charge < -0.3 is 10.1 Å². The van der Waals surface area contributed by atoms with Crippen molar-refractivity contribution in [1.29, 1.82) is 0 Å². The number of hydrogen-bond acceptors (Lipinski definition) is 2. The Morgan fingerprint density at radius 1 is 1.11 bits per heavy atom. The fraction of sp³-hybridized carbons (Fsp3) is 1.00. The SMILES string of the molecule is CCC1CCC2(CC1)OCCNC2C1CCCC1. The summed E-state index contributed by atoms with van der Waals surface area (Å²) in [6.45, 7) is 4.34. The highest BCUT2D eigenvalue weighted by Crippen LogP contribution is 2.44. The van der Waals surface area contributed by atoms with Gasteiger partial charge in [-0.1, -0.05) is 26.2 Å². The van der Waals surface area contributed by atoms with Crippen LogP contribution in [0.15, 0.2) is 0 Å². The summed E-state index contributed by atoms with van der Waals surface area (Å²) >= 11 is 0. The van der Waals surface area contributed by atoms with Crippen LogP contribution in [0.1, 0.15) is 64.7 Å². The number of hydrogen-bond donors (Lipinski definition) is 1. The molecule has 1 unspecified atom stereocenters. The van der Waals surface area contributed by atoms with Crippen LogP contribution in [0.4, 0.5) is 0 Å². The Morgan fingerprint density at radius 2 is 1.83 bits per heavy atom. The number of rotatable bonds is 2. The van der Waals surface area contributed by atoms with Gasteiger partial charge in [0.05, 0.1) is 12.2 Å². The summed E-state index contributed by atoms with van der Waals surface area (Å²) < 4.78 is 6.36. The van der Waals surface area contributed by atoms with E-state index in [2.05, 4.69) is 12.2 Å². The van der Waals surface area contributed by atoms with Gasteiger partial charge in [0.15, 0.2) is 0 Å². The molecule has 0 amide bonds. The van der Waals surface area contributed by atoms with Gasteiger partial charge in [0.25, 0.3) is 0 Å². The van der Waals surface area contributed by atoms with E-state index in [1.807, 2.05) is 0 Å². The van der Waals surface area contributed by atoms with Crippen LogP contribution in [-0.2, 0) is 4.74 Å². The van der Waals surface area contributed by atoms with Gasteiger partial charge in [-0.25, -0.2) is 0 Å². The van der Waals surface area contributed by atoms with Crippen molar-refractivity contribution in [3.63, 3.8) is 0 Å². The maximum atomic E-state index is 6.36. The van der Waals surface area contributed by atoms with Crippen LogP contribution in [0.2, 0.25) is 0 Å². The minimum absolute atomic E-state index is 0.207. The molecule has 1 N–H and O–H groups in total. The van der Waals surface area contributed by atoms with Gasteiger partial charge in [-0.2, -0.15) is 0 Å². The second kappa shape index (κ2) is 5.50. The molecule has 0 aromatic carbocycles. The lowest BCUT2D eigenvalue weighted by Crippen LogP contribution is -2.61. The Kier molecular flexibility index (Phi) is 3.95. The predicted octanol–water partition coefficient (Wildman–Crippen LogP) is 3.50. The molecule has 0 aromatic rings. The van der Waals surface area contributed by atoms with E-state index in [1.54, 1.807) is 0 Å². The molecular weight excluding hydrogens is 222 g/mol. The van der Waals surface area contributed by atoms with Crippen LogP contribution in [0, 0.1) is 11.8 Å². The predicted molar refractivity (Wildman–Crippen MR) is 74.7 cm³/mol. The number of morpholine rings is 1. The quantitative estimate of drug-likeness (QED) is 0.811. The zero-order valence-electron chi connectivity index (χ0n) is 11.9. The van der Waals surface area contributed by atoms with Crippen molar-refractivity contribution in [2.45, 2.75) is 76.4 Å². The monoisotopic (exact) mass is 251 g/mol. The van der Waals surface area contributed by atoms with Gasteiger partial charge in [0.1, 0.15) is 0 Å². The Bertz CT molecular complexity index is 264. The van der Waals surface area contributed by atoms with Gasteiger partial charge in [-0.15, -0.1) is 0 Å². The Morgan fingerprint density at radius 3 is 2.50 bits per heavy atom. The maximum absolute atomic E-state index is 6.36. The van der Waals surface area contributed by atoms with E-state index >= 15 is 0 Å². The van der Waals surface area contributed by atoms with E-state index < -0.39 is 0 Å². The third kappa shape index (κ3) is 2.34. The molecule has 2 aliphatic carbocycles. The van der Waals surface area contributed by atoms with Crippen LogP contribution in [0.3, 0.4) is 0 Å². The zero-order chi connectivity index (χ0) is 12.4. The maximum Gasteiger partial charge on any atom is 0.0838 e. The van der Waals surface area contributed by atoms with E-state index in [1.165, 1.54) is 57.8 Å². The van der Waals surface area contributed by atoms with Crippen molar-refractivity contribution in [2.24, 2.45) is 11.8 Å². The van der Waals surface area contributed by atoms with Gasteiger partial charge in [-0.05, 0) is 50.4 Å². The summed E-state index contributed by atoms with van der Waals surface area (Å²) in [6.07, 6.45) is 12.5. The van der Waals surface area contributed by atoms with Crippen molar-refractivity contribution < 1.29 is 4.74 Å². The van der Waals surface area contributed by atoms with E-state index in [4.69, 9.17) is 4.74 Å². The average molecular weight is 251 g/mol. The van der Waals surface area contributed by atoms with E-state index in [0.717, 1.165) is 25.0 Å². The molecule has 1 heterocycles. The van der Waals surface area contributed by atoms with Gasteiger partial charge >= 0.3 is 0 Å². The highest BCUT2D eigenvalue weighted by Gasteiger charge is 2.47. The molecule has 0 aromatic heterocycles. The molecule has 1 atom stereocenters. The van der Waals surface area contributed by atoms with Crippen LogP contribution >= 0.6 is 0 Å². The summed E-state index contributed by atoms with van der Waals surface area (Å²) in [5, 5.41) is 3.83. The summed E-state index contributed by atoms with van der Waals surface area (Å²) in [5.74, 6) is 1.86. The summed E-state index contributed by atoms with van der Waals surface area (Å²) in [4.78, 5) is 0. The normalized spacial score (nSPS) is 42.5. The Labute approximate surface area is 112 Å². The van der Waals surface area contributed by atoms with Gasteiger partial charge in [0, 0.05) is 12.6 Å². The molecular formula is C16H29NO. The van der Waals surface area contributed by atoms with Crippen molar-refractivity contribution in [3.05, 3.63) is 0 Å². The molecule has 0 bridgehead atoms.